The second-order valence-electron chi connectivity index (χ2n) is 7.35. The predicted octanol–water partition coefficient (Wildman–Crippen LogP) is 6.98. The van der Waals surface area contributed by atoms with Crippen molar-refractivity contribution in [1.82, 2.24) is 4.57 Å². The first-order valence-electron chi connectivity index (χ1n) is 9.40. The van der Waals surface area contributed by atoms with E-state index in [0.29, 0.717) is 33.1 Å². The van der Waals surface area contributed by atoms with Crippen LogP contribution < -0.4 is 0 Å². The number of aromatic nitrogens is 1. The van der Waals surface area contributed by atoms with Crippen LogP contribution in [0.15, 0.2) is 53.4 Å². The molecule has 0 unspecified atom stereocenters. The van der Waals surface area contributed by atoms with Gasteiger partial charge in [0.1, 0.15) is 0 Å². The summed E-state index contributed by atoms with van der Waals surface area (Å²) in [6.45, 7) is 7.33. The molecule has 0 spiro atoms. The van der Waals surface area contributed by atoms with Crippen LogP contribution in [0.1, 0.15) is 41.2 Å². The van der Waals surface area contributed by atoms with Crippen LogP contribution in [-0.4, -0.2) is 20.9 Å². The lowest BCUT2D eigenvalue weighted by atomic mass is 10.0. The third kappa shape index (κ3) is 4.41. The van der Waals surface area contributed by atoms with Crippen LogP contribution in [0.2, 0.25) is 0 Å². The predicted molar refractivity (Wildman–Crippen MR) is 114 cm³/mol. The lowest BCUT2D eigenvalue weighted by Crippen LogP contribution is -2.07. The highest BCUT2D eigenvalue weighted by Crippen LogP contribution is 2.39. The third-order valence-electron chi connectivity index (χ3n) is 4.72. The number of hydrogen-bond donors (Lipinski definition) is 1. The van der Waals surface area contributed by atoms with E-state index in [9.17, 15) is 23.1 Å². The summed E-state index contributed by atoms with van der Waals surface area (Å²) in [5.41, 5.74) is 2.37. The van der Waals surface area contributed by atoms with Gasteiger partial charge in [-0.05, 0) is 49.7 Å². The Morgan fingerprint density at radius 2 is 1.73 bits per heavy atom. The highest BCUT2D eigenvalue weighted by Gasteiger charge is 2.31. The van der Waals surface area contributed by atoms with Gasteiger partial charge in [0, 0.05) is 27.1 Å². The first kappa shape index (κ1) is 22.0. The van der Waals surface area contributed by atoms with Crippen molar-refractivity contribution in [2.24, 2.45) is 0 Å². The van der Waals surface area contributed by atoms with E-state index in [1.807, 2.05) is 13.8 Å². The van der Waals surface area contributed by atoms with Gasteiger partial charge in [-0.15, -0.1) is 11.8 Å². The van der Waals surface area contributed by atoms with Gasteiger partial charge in [-0.1, -0.05) is 32.0 Å². The zero-order valence-electron chi connectivity index (χ0n) is 17.0. The minimum atomic E-state index is -4.47. The van der Waals surface area contributed by atoms with Crippen LogP contribution >= 0.6 is 11.8 Å². The standard InChI is InChI=1S/C23H22F3NO2S/c1-13(2)30-18-11-16(10-17(12-18)23(24,25)26)19-7-5-6-8-21(19)27-14(3)9-20(15(27)4)22(28)29/h5-13H,1-4H3,(H,28,29). The Morgan fingerprint density at radius 1 is 1.07 bits per heavy atom. The van der Waals surface area contributed by atoms with Gasteiger partial charge < -0.3 is 9.67 Å². The normalized spacial score (nSPS) is 11.9. The Hall–Kier alpha value is -2.67. The molecular weight excluding hydrogens is 411 g/mol. The highest BCUT2D eigenvalue weighted by molar-refractivity contribution is 7.99. The van der Waals surface area contributed by atoms with Crippen molar-refractivity contribution in [2.75, 3.05) is 0 Å². The lowest BCUT2D eigenvalue weighted by molar-refractivity contribution is -0.137. The second-order valence-corrected chi connectivity index (χ2v) is 9.00. The molecule has 0 saturated heterocycles. The molecule has 0 saturated carbocycles. The molecule has 1 aromatic heterocycles. The average molecular weight is 433 g/mol. The number of hydrogen-bond acceptors (Lipinski definition) is 2. The summed E-state index contributed by atoms with van der Waals surface area (Å²) in [4.78, 5) is 12.1. The third-order valence-corrected chi connectivity index (χ3v) is 5.70. The molecule has 1 heterocycles. The van der Waals surface area contributed by atoms with E-state index in [1.54, 1.807) is 54.8 Å². The van der Waals surface area contributed by atoms with E-state index >= 15 is 0 Å². The van der Waals surface area contributed by atoms with Crippen LogP contribution in [0.25, 0.3) is 16.8 Å². The molecule has 0 radical (unpaired) electrons. The minimum absolute atomic E-state index is 0.128. The maximum absolute atomic E-state index is 13.6. The summed E-state index contributed by atoms with van der Waals surface area (Å²) < 4.78 is 42.5. The Kier molecular flexibility index (Phi) is 6.04. The summed E-state index contributed by atoms with van der Waals surface area (Å²) in [5, 5.41) is 9.57. The number of benzene rings is 2. The number of alkyl halides is 3. The molecule has 158 valence electrons. The second kappa shape index (κ2) is 8.22. The van der Waals surface area contributed by atoms with Gasteiger partial charge >= 0.3 is 12.1 Å². The molecule has 3 rings (SSSR count). The van der Waals surface area contributed by atoms with Crippen LogP contribution in [0.3, 0.4) is 0 Å². The van der Waals surface area contributed by atoms with Crippen molar-refractivity contribution in [3.63, 3.8) is 0 Å². The number of nitrogens with zero attached hydrogens (tertiary/aromatic N) is 1. The van der Waals surface area contributed by atoms with Crippen LogP contribution in [0.4, 0.5) is 13.2 Å². The molecular formula is C23H22F3NO2S. The molecule has 0 bridgehead atoms. The molecule has 0 aliphatic heterocycles. The maximum atomic E-state index is 13.6. The van der Waals surface area contributed by atoms with Crippen molar-refractivity contribution < 1.29 is 23.1 Å². The molecule has 30 heavy (non-hydrogen) atoms. The SMILES string of the molecule is Cc1cc(C(=O)O)c(C)n1-c1ccccc1-c1cc(SC(C)C)cc(C(F)(F)F)c1. The van der Waals surface area contributed by atoms with Crippen LogP contribution in [-0.2, 0) is 6.18 Å². The number of halogens is 3. The zero-order chi connectivity index (χ0) is 22.2. The first-order valence-corrected chi connectivity index (χ1v) is 10.3. The van der Waals surface area contributed by atoms with Crippen molar-refractivity contribution in [1.29, 1.82) is 0 Å². The Balaban J connectivity index is 2.26. The average Bonchev–Trinajstić information content (AvgIpc) is 2.94. The molecule has 0 atom stereocenters. The molecule has 0 aliphatic rings. The van der Waals surface area contributed by atoms with E-state index in [4.69, 9.17) is 0 Å². The van der Waals surface area contributed by atoms with Gasteiger partial charge in [-0.3, -0.25) is 0 Å². The van der Waals surface area contributed by atoms with E-state index < -0.39 is 17.7 Å². The van der Waals surface area contributed by atoms with E-state index in [2.05, 4.69) is 0 Å². The number of rotatable bonds is 5. The number of thioether (sulfide) groups is 1. The quantitative estimate of drug-likeness (QED) is 0.442. The van der Waals surface area contributed by atoms with Crippen molar-refractivity contribution >= 4 is 17.7 Å². The molecule has 1 N–H and O–H groups in total. The van der Waals surface area contributed by atoms with E-state index in [0.717, 1.165) is 6.07 Å². The maximum Gasteiger partial charge on any atom is 0.416 e. The van der Waals surface area contributed by atoms with Crippen LogP contribution in [0, 0.1) is 13.8 Å². The smallest absolute Gasteiger partial charge is 0.416 e. The number of carbonyl (C=O) groups is 1. The molecule has 3 aromatic rings. The van der Waals surface area contributed by atoms with Gasteiger partial charge in [0.2, 0.25) is 0 Å². The van der Waals surface area contributed by atoms with Crippen LogP contribution in [0.5, 0.6) is 0 Å². The molecule has 0 fully saturated rings. The minimum Gasteiger partial charge on any atom is -0.478 e. The number of carboxylic acid groups (broad SMARTS) is 1. The van der Waals surface area contributed by atoms with Gasteiger partial charge in [-0.2, -0.15) is 13.2 Å². The fourth-order valence-electron chi connectivity index (χ4n) is 3.52. The summed E-state index contributed by atoms with van der Waals surface area (Å²) in [6, 6.07) is 12.7. The van der Waals surface area contributed by atoms with Crippen molar-refractivity contribution in [3.8, 4) is 16.8 Å². The lowest BCUT2D eigenvalue weighted by Gasteiger charge is -2.18. The number of aromatic carboxylic acids is 1. The number of para-hydroxylation sites is 1. The monoisotopic (exact) mass is 433 g/mol. The topological polar surface area (TPSA) is 42.2 Å². The summed E-state index contributed by atoms with van der Waals surface area (Å²) in [5.74, 6) is -1.04. The van der Waals surface area contributed by atoms with E-state index in [-0.39, 0.29) is 10.8 Å². The Morgan fingerprint density at radius 3 is 2.30 bits per heavy atom. The summed E-state index contributed by atoms with van der Waals surface area (Å²) in [6.07, 6.45) is -4.47. The van der Waals surface area contributed by atoms with Gasteiger partial charge in [-0.25, -0.2) is 4.79 Å². The Labute approximate surface area is 177 Å². The largest absolute Gasteiger partial charge is 0.478 e. The fraction of sp³-hybridized carbons (Fsp3) is 0.261. The number of carboxylic acids is 1. The van der Waals surface area contributed by atoms with Gasteiger partial charge in [0.05, 0.1) is 16.8 Å². The van der Waals surface area contributed by atoms with Crippen molar-refractivity contribution in [3.05, 3.63) is 71.0 Å². The number of aryl methyl sites for hydroxylation is 1. The molecule has 3 nitrogen and oxygen atoms in total. The van der Waals surface area contributed by atoms with E-state index in [1.165, 1.54) is 17.8 Å². The molecule has 0 amide bonds. The zero-order valence-corrected chi connectivity index (χ0v) is 17.9. The molecule has 7 heteroatoms. The fourth-order valence-corrected chi connectivity index (χ4v) is 4.46. The summed E-state index contributed by atoms with van der Waals surface area (Å²) in [7, 11) is 0. The molecule has 2 aromatic carbocycles. The summed E-state index contributed by atoms with van der Waals surface area (Å²) >= 11 is 1.37. The highest BCUT2D eigenvalue weighted by atomic mass is 32.2. The Bertz CT molecular complexity index is 1100. The molecule has 0 aliphatic carbocycles. The van der Waals surface area contributed by atoms with Crippen molar-refractivity contribution in [2.45, 2.75) is 44.0 Å². The van der Waals surface area contributed by atoms with Gasteiger partial charge in [0.15, 0.2) is 0 Å². The first-order chi connectivity index (χ1) is 14.0. The van der Waals surface area contributed by atoms with Gasteiger partial charge in [0.25, 0.3) is 0 Å².